The van der Waals surface area contributed by atoms with Crippen LogP contribution in [-0.4, -0.2) is 104 Å². The van der Waals surface area contributed by atoms with Crippen LogP contribution in [-0.2, 0) is 14.3 Å². The van der Waals surface area contributed by atoms with Gasteiger partial charge in [0.1, 0.15) is 0 Å². The molecule has 2 N–H and O–H groups in total. The molecule has 30 heavy (non-hydrogen) atoms. The third-order valence-electron chi connectivity index (χ3n) is 6.24. The SMILES string of the molecule is O=C(NCCCC(=O)N1CCN(C(=O)CN2CCOCC2)CC1)NC1CCCCC1. The summed E-state index contributed by atoms with van der Waals surface area (Å²) in [5, 5.41) is 5.88. The molecule has 3 fully saturated rings. The van der Waals surface area contributed by atoms with Crippen LogP contribution in [0.15, 0.2) is 0 Å². The van der Waals surface area contributed by atoms with Crippen LogP contribution in [0.1, 0.15) is 44.9 Å². The number of morpholine rings is 1. The molecule has 3 rings (SSSR count). The van der Waals surface area contributed by atoms with Gasteiger partial charge in [0.05, 0.1) is 19.8 Å². The summed E-state index contributed by atoms with van der Waals surface area (Å²) in [6, 6.07) is 0.171. The van der Waals surface area contributed by atoms with E-state index in [0.29, 0.717) is 71.4 Å². The van der Waals surface area contributed by atoms with Gasteiger partial charge < -0.3 is 25.2 Å². The van der Waals surface area contributed by atoms with Crippen molar-refractivity contribution >= 4 is 17.8 Å². The van der Waals surface area contributed by atoms with Gasteiger partial charge in [0.15, 0.2) is 0 Å². The Kier molecular flexibility index (Phi) is 9.20. The maximum Gasteiger partial charge on any atom is 0.315 e. The Morgan fingerprint density at radius 2 is 1.47 bits per heavy atom. The number of piperazine rings is 1. The quantitative estimate of drug-likeness (QED) is 0.578. The Labute approximate surface area is 179 Å². The van der Waals surface area contributed by atoms with Gasteiger partial charge in [0, 0.05) is 58.3 Å². The molecule has 1 aliphatic carbocycles. The molecule has 0 atom stereocenters. The Bertz CT molecular complexity index is 568. The van der Waals surface area contributed by atoms with Gasteiger partial charge in [-0.25, -0.2) is 4.79 Å². The van der Waals surface area contributed by atoms with E-state index in [4.69, 9.17) is 4.74 Å². The highest BCUT2D eigenvalue weighted by molar-refractivity contribution is 5.80. The van der Waals surface area contributed by atoms with Crippen LogP contribution in [0, 0.1) is 0 Å². The molecule has 170 valence electrons. The zero-order valence-corrected chi connectivity index (χ0v) is 18.1. The molecule has 0 aromatic heterocycles. The van der Waals surface area contributed by atoms with E-state index in [9.17, 15) is 14.4 Å². The maximum absolute atomic E-state index is 12.5. The van der Waals surface area contributed by atoms with Gasteiger partial charge in [-0.2, -0.15) is 0 Å². The van der Waals surface area contributed by atoms with Gasteiger partial charge in [0.2, 0.25) is 11.8 Å². The molecule has 1 saturated carbocycles. The minimum Gasteiger partial charge on any atom is -0.379 e. The second-order valence-electron chi connectivity index (χ2n) is 8.49. The predicted octanol–water partition coefficient (Wildman–Crippen LogP) is 0.402. The van der Waals surface area contributed by atoms with Crippen molar-refractivity contribution in [3.63, 3.8) is 0 Å². The van der Waals surface area contributed by atoms with E-state index in [1.165, 1.54) is 19.3 Å². The third-order valence-corrected chi connectivity index (χ3v) is 6.24. The van der Waals surface area contributed by atoms with Crippen LogP contribution in [0.5, 0.6) is 0 Å². The smallest absolute Gasteiger partial charge is 0.315 e. The second kappa shape index (κ2) is 12.1. The van der Waals surface area contributed by atoms with E-state index in [1.807, 2.05) is 9.80 Å². The minimum absolute atomic E-state index is 0.102. The molecule has 0 aromatic rings. The molecule has 0 spiro atoms. The van der Waals surface area contributed by atoms with Crippen LogP contribution in [0.4, 0.5) is 4.79 Å². The summed E-state index contributed by atoms with van der Waals surface area (Å²) in [4.78, 5) is 42.6. The van der Waals surface area contributed by atoms with Crippen LogP contribution < -0.4 is 10.6 Å². The standard InChI is InChI=1S/C21H37N5O4/c27-19(7-4-8-22-21(29)23-18-5-2-1-3-6-18)25-9-11-26(12-10-25)20(28)17-24-13-15-30-16-14-24/h18H,1-17H2,(H2,22,23,29). The maximum atomic E-state index is 12.5. The van der Waals surface area contributed by atoms with Gasteiger partial charge >= 0.3 is 6.03 Å². The molecule has 0 bridgehead atoms. The van der Waals surface area contributed by atoms with Gasteiger partial charge in [-0.3, -0.25) is 14.5 Å². The first kappa shape index (κ1) is 22.8. The Morgan fingerprint density at radius 1 is 0.833 bits per heavy atom. The summed E-state index contributed by atoms with van der Waals surface area (Å²) in [6.07, 6.45) is 6.81. The monoisotopic (exact) mass is 423 g/mol. The number of nitrogens with one attached hydrogen (secondary N) is 2. The van der Waals surface area contributed by atoms with Crippen molar-refractivity contribution in [1.29, 1.82) is 0 Å². The molecule has 2 heterocycles. The van der Waals surface area contributed by atoms with E-state index < -0.39 is 0 Å². The average Bonchev–Trinajstić information content (AvgIpc) is 2.78. The third kappa shape index (κ3) is 7.43. The highest BCUT2D eigenvalue weighted by atomic mass is 16.5. The first-order chi connectivity index (χ1) is 14.6. The zero-order valence-electron chi connectivity index (χ0n) is 18.1. The summed E-state index contributed by atoms with van der Waals surface area (Å²) in [7, 11) is 0. The number of hydrogen-bond donors (Lipinski definition) is 2. The lowest BCUT2D eigenvalue weighted by Gasteiger charge is -2.36. The number of hydrogen-bond acceptors (Lipinski definition) is 5. The number of carbonyl (C=O) groups excluding carboxylic acids is 3. The summed E-state index contributed by atoms with van der Waals surface area (Å²) >= 11 is 0. The van der Waals surface area contributed by atoms with E-state index in [0.717, 1.165) is 25.9 Å². The lowest BCUT2D eigenvalue weighted by atomic mass is 9.96. The number of amides is 4. The molecule has 2 aliphatic heterocycles. The van der Waals surface area contributed by atoms with Crippen LogP contribution >= 0.6 is 0 Å². The Hall–Kier alpha value is -1.87. The fourth-order valence-electron chi connectivity index (χ4n) is 4.34. The minimum atomic E-state index is -0.123. The van der Waals surface area contributed by atoms with Crippen molar-refractivity contribution in [2.45, 2.75) is 51.0 Å². The molecular weight excluding hydrogens is 386 g/mol. The van der Waals surface area contributed by atoms with Crippen molar-refractivity contribution in [3.05, 3.63) is 0 Å². The molecular formula is C21H37N5O4. The van der Waals surface area contributed by atoms with Gasteiger partial charge in [-0.05, 0) is 19.3 Å². The van der Waals surface area contributed by atoms with E-state index in [2.05, 4.69) is 15.5 Å². The summed E-state index contributed by atoms with van der Waals surface area (Å²) in [6.45, 7) is 6.28. The lowest BCUT2D eigenvalue weighted by molar-refractivity contribution is -0.140. The number of carbonyl (C=O) groups is 3. The largest absolute Gasteiger partial charge is 0.379 e. The number of urea groups is 1. The molecule has 0 radical (unpaired) electrons. The van der Waals surface area contributed by atoms with E-state index >= 15 is 0 Å². The topological polar surface area (TPSA) is 94.2 Å². The average molecular weight is 424 g/mol. The highest BCUT2D eigenvalue weighted by Crippen LogP contribution is 2.17. The van der Waals surface area contributed by atoms with Crippen LogP contribution in [0.25, 0.3) is 0 Å². The highest BCUT2D eigenvalue weighted by Gasteiger charge is 2.25. The summed E-state index contributed by atoms with van der Waals surface area (Å²) < 4.78 is 5.32. The Morgan fingerprint density at radius 3 is 2.13 bits per heavy atom. The molecule has 0 unspecified atom stereocenters. The van der Waals surface area contributed by atoms with Crippen molar-refractivity contribution in [3.8, 4) is 0 Å². The van der Waals surface area contributed by atoms with Crippen molar-refractivity contribution in [1.82, 2.24) is 25.3 Å². The predicted molar refractivity (Wildman–Crippen MR) is 113 cm³/mol. The number of ether oxygens (including phenoxy) is 1. The number of nitrogens with zero attached hydrogens (tertiary/aromatic N) is 3. The van der Waals surface area contributed by atoms with Gasteiger partial charge in [-0.1, -0.05) is 19.3 Å². The second-order valence-corrected chi connectivity index (χ2v) is 8.49. The van der Waals surface area contributed by atoms with Crippen LogP contribution in [0.3, 0.4) is 0 Å². The first-order valence-electron chi connectivity index (χ1n) is 11.5. The molecule has 9 heteroatoms. The van der Waals surface area contributed by atoms with Gasteiger partial charge in [0.25, 0.3) is 0 Å². The molecule has 3 aliphatic rings. The van der Waals surface area contributed by atoms with E-state index in [1.54, 1.807) is 0 Å². The number of rotatable bonds is 7. The molecule has 2 saturated heterocycles. The lowest BCUT2D eigenvalue weighted by Crippen LogP contribution is -2.53. The van der Waals surface area contributed by atoms with Crippen molar-refractivity contribution in [2.24, 2.45) is 0 Å². The fraction of sp³-hybridized carbons (Fsp3) is 0.857. The molecule has 0 aromatic carbocycles. The van der Waals surface area contributed by atoms with Crippen LogP contribution in [0.2, 0.25) is 0 Å². The van der Waals surface area contributed by atoms with Gasteiger partial charge in [-0.15, -0.1) is 0 Å². The molecule has 9 nitrogen and oxygen atoms in total. The zero-order chi connectivity index (χ0) is 21.2. The van der Waals surface area contributed by atoms with E-state index in [-0.39, 0.29) is 17.8 Å². The summed E-state index contributed by atoms with van der Waals surface area (Å²) in [5.74, 6) is 0.238. The van der Waals surface area contributed by atoms with Crippen molar-refractivity contribution < 1.29 is 19.1 Å². The van der Waals surface area contributed by atoms with Crippen molar-refractivity contribution in [2.75, 3.05) is 65.6 Å². The summed E-state index contributed by atoms with van der Waals surface area (Å²) in [5.41, 5.74) is 0. The Balaban J connectivity index is 1.25. The fourth-order valence-corrected chi connectivity index (χ4v) is 4.34. The first-order valence-corrected chi connectivity index (χ1v) is 11.5. The molecule has 4 amide bonds. The normalized spacial score (nSPS) is 21.3.